The molecule has 2 rings (SSSR count). The van der Waals surface area contributed by atoms with E-state index < -0.39 is 0 Å². The minimum Gasteiger partial charge on any atom is -0.294 e. The van der Waals surface area contributed by atoms with Gasteiger partial charge in [0.05, 0.1) is 0 Å². The van der Waals surface area contributed by atoms with Crippen LogP contribution in [0.5, 0.6) is 0 Å². The summed E-state index contributed by atoms with van der Waals surface area (Å²) < 4.78 is 0. The zero-order valence-electron chi connectivity index (χ0n) is 11.9. The predicted molar refractivity (Wildman–Crippen MR) is 75.1 cm³/mol. The molecular formula is C16H29N. The molecule has 2 heterocycles. The van der Waals surface area contributed by atoms with Crippen LogP contribution in [0.15, 0.2) is 12.7 Å². The number of hydrogen-bond donors (Lipinski definition) is 0. The van der Waals surface area contributed by atoms with E-state index in [0.29, 0.717) is 5.54 Å². The van der Waals surface area contributed by atoms with Crippen molar-refractivity contribution in [1.82, 2.24) is 4.90 Å². The molecule has 3 unspecified atom stereocenters. The number of allylic oxidation sites excluding steroid dienone is 1. The van der Waals surface area contributed by atoms with Crippen molar-refractivity contribution in [3.8, 4) is 0 Å². The summed E-state index contributed by atoms with van der Waals surface area (Å²) in [6.07, 6.45) is 8.96. The first-order valence-electron chi connectivity index (χ1n) is 7.49. The lowest BCUT2D eigenvalue weighted by Gasteiger charge is -2.39. The van der Waals surface area contributed by atoms with Crippen molar-refractivity contribution >= 4 is 0 Å². The summed E-state index contributed by atoms with van der Waals surface area (Å²) in [5.74, 6) is 2.67. The van der Waals surface area contributed by atoms with Gasteiger partial charge in [0, 0.05) is 18.6 Å². The highest BCUT2D eigenvalue weighted by Gasteiger charge is 2.63. The predicted octanol–water partition coefficient (Wildman–Crippen LogP) is 4.10. The first kappa shape index (κ1) is 13.1. The van der Waals surface area contributed by atoms with Crippen LogP contribution in [0, 0.1) is 17.8 Å². The van der Waals surface area contributed by atoms with E-state index >= 15 is 0 Å². The molecule has 1 heteroatoms. The lowest BCUT2D eigenvalue weighted by Crippen LogP contribution is -2.45. The van der Waals surface area contributed by atoms with E-state index in [1.54, 1.807) is 0 Å². The number of hydrogen-bond acceptors (Lipinski definition) is 1. The van der Waals surface area contributed by atoms with Gasteiger partial charge in [-0.1, -0.05) is 39.2 Å². The minimum absolute atomic E-state index is 0.626. The highest BCUT2D eigenvalue weighted by molar-refractivity contribution is 5.18. The Labute approximate surface area is 107 Å². The van der Waals surface area contributed by atoms with Crippen LogP contribution in [0.25, 0.3) is 0 Å². The van der Waals surface area contributed by atoms with Crippen molar-refractivity contribution in [3.05, 3.63) is 12.7 Å². The highest BCUT2D eigenvalue weighted by atomic mass is 15.4. The van der Waals surface area contributed by atoms with Gasteiger partial charge in [0.15, 0.2) is 0 Å². The second-order valence-electron chi connectivity index (χ2n) is 6.54. The van der Waals surface area contributed by atoms with Crippen molar-refractivity contribution in [2.24, 2.45) is 17.8 Å². The Bertz CT molecular complexity index is 273. The topological polar surface area (TPSA) is 3.01 Å². The third kappa shape index (κ3) is 2.59. The molecule has 2 aliphatic rings. The fourth-order valence-corrected chi connectivity index (χ4v) is 3.74. The normalized spacial score (nSPS) is 37.8. The van der Waals surface area contributed by atoms with E-state index in [1.165, 1.54) is 45.2 Å². The summed E-state index contributed by atoms with van der Waals surface area (Å²) in [6, 6.07) is 0. The molecule has 0 aromatic heterocycles. The summed E-state index contributed by atoms with van der Waals surface area (Å²) >= 11 is 0. The molecule has 1 nitrogen and oxygen atoms in total. The van der Waals surface area contributed by atoms with Crippen LogP contribution < -0.4 is 0 Å². The fourth-order valence-electron chi connectivity index (χ4n) is 3.74. The van der Waals surface area contributed by atoms with Crippen LogP contribution in [0.4, 0.5) is 0 Å². The zero-order chi connectivity index (χ0) is 12.5. The third-order valence-electron chi connectivity index (χ3n) is 5.26. The van der Waals surface area contributed by atoms with Crippen molar-refractivity contribution in [1.29, 1.82) is 0 Å². The molecule has 0 aromatic carbocycles. The van der Waals surface area contributed by atoms with Crippen LogP contribution in [-0.2, 0) is 0 Å². The SMILES string of the molecule is C=CC(CCC)CCCC(C)C1C[N@@]2C[C@]12C. The third-order valence-corrected chi connectivity index (χ3v) is 5.26. The molecule has 98 valence electrons. The minimum atomic E-state index is 0.626. The van der Waals surface area contributed by atoms with Crippen molar-refractivity contribution in [3.63, 3.8) is 0 Å². The van der Waals surface area contributed by atoms with Gasteiger partial charge in [0.1, 0.15) is 0 Å². The summed E-state index contributed by atoms with van der Waals surface area (Å²) in [4.78, 5) is 2.61. The second kappa shape index (κ2) is 5.14. The Kier molecular flexibility index (Phi) is 3.97. The van der Waals surface area contributed by atoms with Crippen LogP contribution in [0.2, 0.25) is 0 Å². The lowest BCUT2D eigenvalue weighted by atomic mass is 9.76. The fraction of sp³-hybridized carbons (Fsp3) is 0.875. The maximum absolute atomic E-state index is 3.96. The summed E-state index contributed by atoms with van der Waals surface area (Å²) in [5, 5.41) is 0. The summed E-state index contributed by atoms with van der Waals surface area (Å²) in [7, 11) is 0. The second-order valence-corrected chi connectivity index (χ2v) is 6.54. The van der Waals surface area contributed by atoms with E-state index in [-0.39, 0.29) is 0 Å². The van der Waals surface area contributed by atoms with E-state index in [0.717, 1.165) is 17.8 Å². The van der Waals surface area contributed by atoms with Crippen molar-refractivity contribution < 1.29 is 0 Å². The molecule has 0 saturated carbocycles. The largest absolute Gasteiger partial charge is 0.294 e. The molecule has 0 amide bonds. The van der Waals surface area contributed by atoms with Crippen LogP contribution in [0.1, 0.15) is 52.9 Å². The van der Waals surface area contributed by atoms with Gasteiger partial charge in [0.25, 0.3) is 0 Å². The standard InChI is InChI=1S/C16H29N/c1-5-8-14(6-2)10-7-9-13(3)15-11-17-12-16(15,17)4/h6,13-15H,2,5,7-12H2,1,3-4H3/t13?,14?,15?,16-,17+/m1/s1. The molecule has 2 aliphatic heterocycles. The first-order valence-corrected chi connectivity index (χ1v) is 7.49. The van der Waals surface area contributed by atoms with E-state index in [9.17, 15) is 0 Å². The molecule has 17 heavy (non-hydrogen) atoms. The lowest BCUT2D eigenvalue weighted by molar-refractivity contribution is 0.107. The molecular weight excluding hydrogens is 206 g/mol. The molecule has 0 aromatic rings. The quantitative estimate of drug-likeness (QED) is 0.452. The van der Waals surface area contributed by atoms with Crippen LogP contribution in [0.3, 0.4) is 0 Å². The van der Waals surface area contributed by atoms with Gasteiger partial charge in [-0.15, -0.1) is 6.58 Å². The number of rotatable bonds is 8. The average molecular weight is 235 g/mol. The molecule has 5 atom stereocenters. The Hall–Kier alpha value is -0.300. The molecule has 2 fully saturated rings. The monoisotopic (exact) mass is 235 g/mol. The number of fused-ring (bicyclic) bond motifs is 1. The summed E-state index contributed by atoms with van der Waals surface area (Å²) in [5.41, 5.74) is 0.626. The van der Waals surface area contributed by atoms with Crippen molar-refractivity contribution in [2.45, 2.75) is 58.4 Å². The molecule has 0 radical (unpaired) electrons. The molecule has 0 spiro atoms. The van der Waals surface area contributed by atoms with Gasteiger partial charge >= 0.3 is 0 Å². The molecule has 0 aliphatic carbocycles. The van der Waals surface area contributed by atoms with Gasteiger partial charge in [-0.2, -0.15) is 0 Å². The van der Waals surface area contributed by atoms with Crippen LogP contribution >= 0.6 is 0 Å². The van der Waals surface area contributed by atoms with Crippen molar-refractivity contribution in [2.75, 3.05) is 13.1 Å². The maximum Gasteiger partial charge on any atom is 0.0352 e. The van der Waals surface area contributed by atoms with Crippen LogP contribution in [-0.4, -0.2) is 23.5 Å². The average Bonchev–Trinajstić information content (AvgIpc) is 2.82. The zero-order valence-corrected chi connectivity index (χ0v) is 11.9. The maximum atomic E-state index is 3.96. The molecule has 2 saturated heterocycles. The van der Waals surface area contributed by atoms with E-state index in [1.807, 2.05) is 0 Å². The molecule has 0 N–H and O–H groups in total. The van der Waals surface area contributed by atoms with E-state index in [4.69, 9.17) is 0 Å². The highest BCUT2D eigenvalue weighted by Crippen LogP contribution is 2.53. The van der Waals surface area contributed by atoms with Gasteiger partial charge in [-0.25, -0.2) is 0 Å². The Balaban J connectivity index is 1.63. The molecule has 0 bridgehead atoms. The Morgan fingerprint density at radius 3 is 2.65 bits per heavy atom. The van der Waals surface area contributed by atoms with E-state index in [2.05, 4.69) is 38.3 Å². The Morgan fingerprint density at radius 1 is 1.41 bits per heavy atom. The smallest absolute Gasteiger partial charge is 0.0352 e. The summed E-state index contributed by atoms with van der Waals surface area (Å²) in [6.45, 7) is 13.9. The van der Waals surface area contributed by atoms with Gasteiger partial charge in [0.2, 0.25) is 0 Å². The van der Waals surface area contributed by atoms with Gasteiger partial charge in [-0.05, 0) is 37.5 Å². The first-order chi connectivity index (χ1) is 8.11. The van der Waals surface area contributed by atoms with Gasteiger partial charge < -0.3 is 0 Å². The Morgan fingerprint density at radius 2 is 2.18 bits per heavy atom. The van der Waals surface area contributed by atoms with Gasteiger partial charge in [-0.3, -0.25) is 4.90 Å². The number of nitrogens with zero attached hydrogens (tertiary/aromatic N) is 1.